The molecule has 1 saturated carbocycles. The van der Waals surface area contributed by atoms with E-state index in [1.54, 1.807) is 0 Å². The highest BCUT2D eigenvalue weighted by molar-refractivity contribution is 5.91. The molecule has 1 aliphatic carbocycles. The van der Waals surface area contributed by atoms with Gasteiger partial charge < -0.3 is 5.32 Å². The van der Waals surface area contributed by atoms with E-state index in [-0.39, 0.29) is 11.6 Å². The van der Waals surface area contributed by atoms with Crippen molar-refractivity contribution in [2.24, 2.45) is 5.92 Å². The Morgan fingerprint density at radius 1 is 1.05 bits per heavy atom. The minimum absolute atomic E-state index is 0.0936. The largest absolute Gasteiger partial charge is 0.323 e. The van der Waals surface area contributed by atoms with Crippen LogP contribution in [0.5, 0.6) is 0 Å². The number of hydrogen-bond acceptors (Lipinski definition) is 1. The van der Waals surface area contributed by atoms with Crippen LogP contribution in [-0.2, 0) is 4.79 Å². The fraction of sp³-hybridized carbons (Fsp3) is 0.278. The first-order valence-corrected chi connectivity index (χ1v) is 7.42. The van der Waals surface area contributed by atoms with Crippen molar-refractivity contribution >= 4 is 11.6 Å². The molecular formula is C18H17F2NO. The molecule has 2 aromatic rings. The fourth-order valence-electron chi connectivity index (χ4n) is 2.96. The Hall–Kier alpha value is -2.23. The molecule has 22 heavy (non-hydrogen) atoms. The summed E-state index contributed by atoms with van der Waals surface area (Å²) in [6.07, 6.45) is 2.27. The zero-order valence-corrected chi connectivity index (χ0v) is 12.1. The summed E-state index contributed by atoms with van der Waals surface area (Å²) in [6.45, 7) is 0. The topological polar surface area (TPSA) is 29.1 Å². The van der Waals surface area contributed by atoms with Crippen LogP contribution in [0, 0.1) is 17.6 Å². The fourth-order valence-corrected chi connectivity index (χ4v) is 2.96. The first-order valence-electron chi connectivity index (χ1n) is 7.42. The van der Waals surface area contributed by atoms with Gasteiger partial charge in [-0.05, 0) is 42.4 Å². The third-order valence-corrected chi connectivity index (χ3v) is 4.21. The number of benzene rings is 2. The zero-order chi connectivity index (χ0) is 15.5. The molecule has 0 spiro atoms. The van der Waals surface area contributed by atoms with Crippen LogP contribution < -0.4 is 5.32 Å². The maximum atomic E-state index is 13.5. The van der Waals surface area contributed by atoms with Crippen LogP contribution in [0.4, 0.5) is 14.5 Å². The Bertz CT molecular complexity index is 666. The van der Waals surface area contributed by atoms with Gasteiger partial charge in [-0.1, -0.05) is 36.4 Å². The summed E-state index contributed by atoms with van der Waals surface area (Å²) in [5.74, 6) is -1.41. The van der Waals surface area contributed by atoms with E-state index in [9.17, 15) is 13.6 Å². The third kappa shape index (κ3) is 3.16. The second kappa shape index (κ2) is 6.26. The van der Waals surface area contributed by atoms with Gasteiger partial charge in [-0.25, -0.2) is 8.78 Å². The van der Waals surface area contributed by atoms with Gasteiger partial charge in [0, 0.05) is 6.42 Å². The first-order chi connectivity index (χ1) is 10.6. The molecule has 0 radical (unpaired) electrons. The van der Waals surface area contributed by atoms with Crippen molar-refractivity contribution in [3.8, 4) is 0 Å². The van der Waals surface area contributed by atoms with Crippen LogP contribution in [0.2, 0.25) is 0 Å². The van der Waals surface area contributed by atoms with Crippen molar-refractivity contribution in [3.63, 3.8) is 0 Å². The lowest BCUT2D eigenvalue weighted by Gasteiger charge is -2.35. The third-order valence-electron chi connectivity index (χ3n) is 4.21. The number of halogens is 2. The average molecular weight is 301 g/mol. The summed E-state index contributed by atoms with van der Waals surface area (Å²) in [7, 11) is 0. The van der Waals surface area contributed by atoms with E-state index in [2.05, 4.69) is 17.4 Å². The summed E-state index contributed by atoms with van der Waals surface area (Å²) in [4.78, 5) is 11.9. The monoisotopic (exact) mass is 301 g/mol. The quantitative estimate of drug-likeness (QED) is 0.886. The van der Waals surface area contributed by atoms with E-state index < -0.39 is 11.6 Å². The molecule has 0 unspecified atom stereocenters. The van der Waals surface area contributed by atoms with Crippen molar-refractivity contribution in [2.75, 3.05) is 5.32 Å². The van der Waals surface area contributed by atoms with Crippen molar-refractivity contribution in [1.29, 1.82) is 0 Å². The molecule has 114 valence electrons. The molecule has 3 rings (SSSR count). The van der Waals surface area contributed by atoms with E-state index in [4.69, 9.17) is 0 Å². The Morgan fingerprint density at radius 2 is 1.77 bits per heavy atom. The Morgan fingerprint density at radius 3 is 2.50 bits per heavy atom. The molecule has 1 fully saturated rings. The summed E-state index contributed by atoms with van der Waals surface area (Å²) < 4.78 is 26.6. The van der Waals surface area contributed by atoms with Crippen molar-refractivity contribution in [3.05, 3.63) is 65.7 Å². The van der Waals surface area contributed by atoms with Crippen LogP contribution in [0.3, 0.4) is 0 Å². The molecule has 2 nitrogen and oxygen atoms in total. The predicted molar refractivity (Wildman–Crippen MR) is 81.5 cm³/mol. The van der Waals surface area contributed by atoms with Crippen molar-refractivity contribution in [2.45, 2.75) is 25.2 Å². The molecule has 0 atom stereocenters. The summed E-state index contributed by atoms with van der Waals surface area (Å²) in [5.41, 5.74) is 1.21. The highest BCUT2D eigenvalue weighted by Crippen LogP contribution is 2.43. The lowest BCUT2D eigenvalue weighted by molar-refractivity contribution is -0.117. The number of anilines is 1. The van der Waals surface area contributed by atoms with Crippen LogP contribution in [-0.4, -0.2) is 5.91 Å². The number of carbonyl (C=O) groups is 1. The molecule has 0 aliphatic heterocycles. The second-order valence-electron chi connectivity index (χ2n) is 5.80. The normalized spacial score (nSPS) is 20.3. The molecular weight excluding hydrogens is 284 g/mol. The summed E-state index contributed by atoms with van der Waals surface area (Å²) in [5, 5.41) is 2.45. The zero-order valence-electron chi connectivity index (χ0n) is 12.1. The van der Waals surface area contributed by atoms with Gasteiger partial charge >= 0.3 is 0 Å². The standard InChI is InChI=1S/C18H17F2NO/c19-15-7-4-8-16(18(15)20)21-17(22)11-12-9-14(10-12)13-5-2-1-3-6-13/h1-8,12,14H,9-11H2,(H,21,22). The maximum absolute atomic E-state index is 13.5. The Balaban J connectivity index is 1.51. The molecule has 2 aromatic carbocycles. The van der Waals surface area contributed by atoms with E-state index in [0.29, 0.717) is 18.3 Å². The minimum atomic E-state index is -1.01. The molecule has 0 saturated heterocycles. The van der Waals surface area contributed by atoms with Gasteiger partial charge in [-0.15, -0.1) is 0 Å². The Labute approximate surface area is 128 Å². The molecule has 0 heterocycles. The number of hydrogen-bond donors (Lipinski definition) is 1. The molecule has 1 amide bonds. The van der Waals surface area contributed by atoms with Crippen LogP contribution in [0.25, 0.3) is 0 Å². The van der Waals surface area contributed by atoms with Crippen LogP contribution in [0.1, 0.15) is 30.7 Å². The summed E-state index contributed by atoms with van der Waals surface area (Å²) >= 11 is 0. The molecule has 4 heteroatoms. The second-order valence-corrected chi connectivity index (χ2v) is 5.80. The van der Waals surface area contributed by atoms with Gasteiger partial charge in [0.25, 0.3) is 0 Å². The van der Waals surface area contributed by atoms with Crippen LogP contribution in [0.15, 0.2) is 48.5 Å². The highest BCUT2D eigenvalue weighted by atomic mass is 19.2. The van der Waals surface area contributed by atoms with E-state index in [0.717, 1.165) is 18.9 Å². The highest BCUT2D eigenvalue weighted by Gasteiger charge is 2.31. The Kier molecular flexibility index (Phi) is 4.18. The van der Waals surface area contributed by atoms with Gasteiger partial charge in [0.05, 0.1) is 5.69 Å². The maximum Gasteiger partial charge on any atom is 0.224 e. The van der Waals surface area contributed by atoms with Crippen molar-refractivity contribution < 1.29 is 13.6 Å². The lowest BCUT2D eigenvalue weighted by atomic mass is 9.70. The first kappa shape index (κ1) is 14.7. The van der Waals surface area contributed by atoms with E-state index in [1.165, 1.54) is 17.7 Å². The summed E-state index contributed by atoms with van der Waals surface area (Å²) in [6, 6.07) is 14.0. The number of carbonyl (C=O) groups excluding carboxylic acids is 1. The minimum Gasteiger partial charge on any atom is -0.323 e. The molecule has 0 bridgehead atoms. The van der Waals surface area contributed by atoms with Crippen molar-refractivity contribution in [1.82, 2.24) is 0 Å². The van der Waals surface area contributed by atoms with Gasteiger partial charge in [-0.3, -0.25) is 4.79 Å². The number of nitrogens with one attached hydrogen (secondary N) is 1. The number of amides is 1. The molecule has 1 aliphatic rings. The van der Waals surface area contributed by atoms with Gasteiger partial charge in [0.15, 0.2) is 11.6 Å². The SMILES string of the molecule is O=C(CC1CC(c2ccccc2)C1)Nc1cccc(F)c1F. The van der Waals surface area contributed by atoms with E-state index >= 15 is 0 Å². The van der Waals surface area contributed by atoms with Gasteiger partial charge in [0.2, 0.25) is 5.91 Å². The number of rotatable bonds is 4. The predicted octanol–water partition coefficient (Wildman–Crippen LogP) is 4.49. The van der Waals surface area contributed by atoms with Gasteiger partial charge in [-0.2, -0.15) is 0 Å². The van der Waals surface area contributed by atoms with Crippen LogP contribution >= 0.6 is 0 Å². The molecule has 1 N–H and O–H groups in total. The van der Waals surface area contributed by atoms with E-state index in [1.807, 2.05) is 18.2 Å². The molecule has 0 aromatic heterocycles. The van der Waals surface area contributed by atoms with Gasteiger partial charge in [0.1, 0.15) is 0 Å². The average Bonchev–Trinajstić information content (AvgIpc) is 2.48. The lowest BCUT2D eigenvalue weighted by Crippen LogP contribution is -2.27. The smallest absolute Gasteiger partial charge is 0.224 e.